The number of aromatic nitrogens is 1. The number of carboxylic acids is 1. The monoisotopic (exact) mass is 372 g/mol. The van der Waals surface area contributed by atoms with Crippen LogP contribution in [0.2, 0.25) is 0 Å². The van der Waals surface area contributed by atoms with Gasteiger partial charge in [-0.3, -0.25) is 25.2 Å². The van der Waals surface area contributed by atoms with E-state index in [1.807, 2.05) is 0 Å². The van der Waals surface area contributed by atoms with Crippen molar-refractivity contribution in [2.75, 3.05) is 0 Å². The van der Waals surface area contributed by atoms with Gasteiger partial charge < -0.3 is 10.4 Å². The Labute approximate surface area is 155 Å². The van der Waals surface area contributed by atoms with E-state index < -0.39 is 16.9 Å². The number of rotatable bonds is 8. The largest absolute Gasteiger partial charge is 0.478 e. The average Bonchev–Trinajstić information content (AvgIpc) is 2.66. The molecular formula is C18H20N4O5. The summed E-state index contributed by atoms with van der Waals surface area (Å²) in [5.41, 5.74) is 1.38. The van der Waals surface area contributed by atoms with Crippen LogP contribution in [-0.2, 0) is 11.3 Å². The molecule has 9 nitrogen and oxygen atoms in total. The van der Waals surface area contributed by atoms with Gasteiger partial charge in [-0.05, 0) is 31.5 Å². The van der Waals surface area contributed by atoms with Crippen molar-refractivity contribution >= 4 is 17.6 Å². The minimum atomic E-state index is -1.04. The molecule has 1 unspecified atom stereocenters. The first kappa shape index (κ1) is 20.0. The number of nitro benzene ring substituents is 1. The van der Waals surface area contributed by atoms with Crippen LogP contribution in [0.4, 0.5) is 5.69 Å². The first-order valence-corrected chi connectivity index (χ1v) is 8.24. The molecule has 0 fully saturated rings. The van der Waals surface area contributed by atoms with Crippen molar-refractivity contribution in [2.45, 2.75) is 32.5 Å². The number of amides is 1. The number of nitro groups is 1. The summed E-state index contributed by atoms with van der Waals surface area (Å²) in [6.07, 6.45) is 1.41. The maximum Gasteiger partial charge on any atom is 0.335 e. The molecule has 142 valence electrons. The van der Waals surface area contributed by atoms with Crippen LogP contribution in [0.15, 0.2) is 42.6 Å². The Hall–Kier alpha value is -3.33. The van der Waals surface area contributed by atoms with Crippen LogP contribution >= 0.6 is 0 Å². The predicted molar refractivity (Wildman–Crippen MR) is 97.2 cm³/mol. The van der Waals surface area contributed by atoms with Gasteiger partial charge >= 0.3 is 5.97 Å². The van der Waals surface area contributed by atoms with Crippen molar-refractivity contribution < 1.29 is 19.6 Å². The van der Waals surface area contributed by atoms with Crippen molar-refractivity contribution in [1.29, 1.82) is 0 Å². The Balaban J connectivity index is 1.90. The van der Waals surface area contributed by atoms with E-state index in [-0.39, 0.29) is 29.7 Å². The summed E-state index contributed by atoms with van der Waals surface area (Å²) in [6.45, 7) is 3.71. The molecule has 0 aliphatic carbocycles. The molecule has 1 amide bonds. The molecule has 0 saturated carbocycles. The minimum Gasteiger partial charge on any atom is -0.478 e. The van der Waals surface area contributed by atoms with E-state index in [1.165, 1.54) is 30.5 Å². The number of non-ortho nitro benzene ring substituents is 1. The fourth-order valence-electron chi connectivity index (χ4n) is 2.43. The summed E-state index contributed by atoms with van der Waals surface area (Å²) < 4.78 is 0. The number of benzene rings is 1. The predicted octanol–water partition coefficient (Wildman–Crippen LogP) is 2.04. The lowest BCUT2D eigenvalue weighted by Gasteiger charge is -2.19. The third kappa shape index (κ3) is 5.58. The van der Waals surface area contributed by atoms with Gasteiger partial charge in [0.05, 0.1) is 22.2 Å². The number of pyridine rings is 1. The quantitative estimate of drug-likeness (QED) is 0.477. The van der Waals surface area contributed by atoms with E-state index in [4.69, 9.17) is 5.11 Å². The van der Waals surface area contributed by atoms with Gasteiger partial charge in [0, 0.05) is 30.9 Å². The zero-order chi connectivity index (χ0) is 20.0. The van der Waals surface area contributed by atoms with Crippen LogP contribution in [0.3, 0.4) is 0 Å². The fraction of sp³-hybridized carbons (Fsp3) is 0.278. The molecule has 0 spiro atoms. The van der Waals surface area contributed by atoms with E-state index in [0.717, 1.165) is 5.56 Å². The van der Waals surface area contributed by atoms with Gasteiger partial charge in [0.15, 0.2) is 0 Å². The highest BCUT2D eigenvalue weighted by Crippen LogP contribution is 2.13. The van der Waals surface area contributed by atoms with Gasteiger partial charge in [-0.25, -0.2) is 4.79 Å². The minimum absolute atomic E-state index is 0.00923. The third-order valence-corrected chi connectivity index (χ3v) is 3.98. The summed E-state index contributed by atoms with van der Waals surface area (Å²) >= 11 is 0. The number of carbonyl (C=O) groups excluding carboxylic acids is 1. The molecule has 3 N–H and O–H groups in total. The number of hydrogen-bond acceptors (Lipinski definition) is 6. The molecule has 1 aromatic heterocycles. The molecule has 0 saturated heterocycles. The number of nitrogens with one attached hydrogen (secondary N) is 2. The van der Waals surface area contributed by atoms with Crippen LogP contribution in [0.5, 0.6) is 0 Å². The molecule has 1 heterocycles. The number of carboxylic acid groups (broad SMARTS) is 1. The molecule has 27 heavy (non-hydrogen) atoms. The van der Waals surface area contributed by atoms with Crippen molar-refractivity contribution in [2.24, 2.45) is 0 Å². The molecule has 1 aromatic carbocycles. The number of aromatic carboxylic acids is 1. The van der Waals surface area contributed by atoms with Crippen LogP contribution in [-0.4, -0.2) is 32.9 Å². The number of hydrogen-bond donors (Lipinski definition) is 3. The van der Waals surface area contributed by atoms with Crippen molar-refractivity contribution in [1.82, 2.24) is 15.6 Å². The topological polar surface area (TPSA) is 134 Å². The number of nitrogens with zero attached hydrogens (tertiary/aromatic N) is 2. The molecule has 2 rings (SSSR count). The smallest absolute Gasteiger partial charge is 0.335 e. The lowest BCUT2D eigenvalue weighted by molar-refractivity contribution is -0.384. The Morgan fingerprint density at radius 2 is 1.89 bits per heavy atom. The molecule has 2 aromatic rings. The molecule has 0 aliphatic rings. The second-order valence-electron chi connectivity index (χ2n) is 6.03. The Morgan fingerprint density at radius 3 is 2.48 bits per heavy atom. The summed E-state index contributed by atoms with van der Waals surface area (Å²) in [5.74, 6) is -1.30. The third-order valence-electron chi connectivity index (χ3n) is 3.98. The molecule has 0 bridgehead atoms. The lowest BCUT2D eigenvalue weighted by Crippen LogP contribution is -2.43. The Kier molecular flexibility index (Phi) is 6.56. The fourth-order valence-corrected chi connectivity index (χ4v) is 2.43. The highest BCUT2D eigenvalue weighted by Gasteiger charge is 2.18. The summed E-state index contributed by atoms with van der Waals surface area (Å²) in [6, 6.07) is 7.91. The van der Waals surface area contributed by atoms with E-state index in [1.54, 1.807) is 26.0 Å². The normalized spacial score (nSPS) is 12.8. The van der Waals surface area contributed by atoms with Crippen molar-refractivity contribution in [3.63, 3.8) is 0 Å². The first-order valence-electron chi connectivity index (χ1n) is 8.24. The SMILES string of the molecule is CC(N[C@@H](C)C(=O)NCc1ccc([N+](=O)[O-])cc1)c1cc(C(=O)O)ccn1. The van der Waals surface area contributed by atoms with E-state index in [2.05, 4.69) is 15.6 Å². The second-order valence-corrected chi connectivity index (χ2v) is 6.03. The standard InChI is InChI=1S/C18H20N4O5/c1-11(16-9-14(18(24)25)7-8-19-16)21-12(2)17(23)20-10-13-3-5-15(6-4-13)22(26)27/h3-9,11-12,21H,10H2,1-2H3,(H,20,23)(H,24,25)/t11?,12-/m0/s1. The van der Waals surface area contributed by atoms with Crippen LogP contribution in [0.25, 0.3) is 0 Å². The van der Waals surface area contributed by atoms with Crippen LogP contribution in [0.1, 0.15) is 41.5 Å². The summed E-state index contributed by atoms with van der Waals surface area (Å²) in [7, 11) is 0. The van der Waals surface area contributed by atoms with E-state index >= 15 is 0 Å². The molecule has 2 atom stereocenters. The van der Waals surface area contributed by atoms with Gasteiger partial charge in [-0.15, -0.1) is 0 Å². The first-order chi connectivity index (χ1) is 12.8. The zero-order valence-corrected chi connectivity index (χ0v) is 14.9. The highest BCUT2D eigenvalue weighted by atomic mass is 16.6. The van der Waals surface area contributed by atoms with Crippen LogP contribution in [0, 0.1) is 10.1 Å². The molecule has 0 radical (unpaired) electrons. The molecule has 9 heteroatoms. The summed E-state index contributed by atoms with van der Waals surface area (Å²) in [5, 5.41) is 25.5. The maximum atomic E-state index is 12.2. The van der Waals surface area contributed by atoms with E-state index in [9.17, 15) is 19.7 Å². The van der Waals surface area contributed by atoms with E-state index in [0.29, 0.717) is 5.69 Å². The average molecular weight is 372 g/mol. The number of carbonyl (C=O) groups is 2. The molecule has 0 aliphatic heterocycles. The van der Waals surface area contributed by atoms with Gasteiger partial charge in [-0.1, -0.05) is 12.1 Å². The zero-order valence-electron chi connectivity index (χ0n) is 14.9. The van der Waals surface area contributed by atoms with Gasteiger partial charge in [0.1, 0.15) is 0 Å². The highest BCUT2D eigenvalue weighted by molar-refractivity contribution is 5.87. The van der Waals surface area contributed by atoms with Crippen LogP contribution < -0.4 is 10.6 Å². The van der Waals surface area contributed by atoms with Crippen molar-refractivity contribution in [3.05, 3.63) is 69.5 Å². The maximum absolute atomic E-state index is 12.2. The van der Waals surface area contributed by atoms with Crippen molar-refractivity contribution in [3.8, 4) is 0 Å². The second kappa shape index (κ2) is 8.86. The molecular weight excluding hydrogens is 352 g/mol. The van der Waals surface area contributed by atoms with Gasteiger partial charge in [0.25, 0.3) is 5.69 Å². The Bertz CT molecular complexity index is 838. The summed E-state index contributed by atoms with van der Waals surface area (Å²) in [4.78, 5) is 37.6. The van der Waals surface area contributed by atoms with Gasteiger partial charge in [0.2, 0.25) is 5.91 Å². The lowest BCUT2D eigenvalue weighted by atomic mass is 10.1. The Morgan fingerprint density at radius 1 is 1.22 bits per heavy atom. The van der Waals surface area contributed by atoms with Gasteiger partial charge in [-0.2, -0.15) is 0 Å².